The van der Waals surface area contributed by atoms with Gasteiger partial charge in [-0.25, -0.2) is 4.98 Å². The van der Waals surface area contributed by atoms with Crippen LogP contribution in [0.2, 0.25) is 0 Å². The molecular formula is C12H17N3O2S. The van der Waals surface area contributed by atoms with Crippen molar-refractivity contribution in [1.29, 1.82) is 0 Å². The number of ether oxygens (including phenoxy) is 1. The lowest BCUT2D eigenvalue weighted by Gasteiger charge is -2.56. The Labute approximate surface area is 110 Å². The number of amides is 1. The molecular weight excluding hydrogens is 250 g/mol. The van der Waals surface area contributed by atoms with Crippen LogP contribution in [0.4, 0.5) is 0 Å². The standard InChI is InChI=1S/C12H17N3O2S/c1-6-15-11(9(18-6)10(14)16)17-8-4-12(5-8)2-7(13)3-12/h7-8H,2-5,13H2,1H3,(H2,14,16)/t7-,8-,12?. The number of nitrogens with two attached hydrogens (primary N) is 2. The number of hydrogen-bond donors (Lipinski definition) is 2. The Kier molecular flexibility index (Phi) is 2.60. The summed E-state index contributed by atoms with van der Waals surface area (Å²) in [7, 11) is 0. The summed E-state index contributed by atoms with van der Waals surface area (Å²) in [6.07, 6.45) is 4.42. The molecule has 1 heterocycles. The van der Waals surface area contributed by atoms with Crippen LogP contribution in [0, 0.1) is 12.3 Å². The van der Waals surface area contributed by atoms with E-state index in [0.29, 0.717) is 22.2 Å². The lowest BCUT2D eigenvalue weighted by molar-refractivity contribution is -0.0795. The van der Waals surface area contributed by atoms with Crippen LogP contribution in [0.1, 0.15) is 40.4 Å². The van der Waals surface area contributed by atoms with Gasteiger partial charge in [-0.2, -0.15) is 0 Å². The third-order valence-corrected chi connectivity index (χ3v) is 4.88. The Bertz CT molecular complexity index is 486. The van der Waals surface area contributed by atoms with Gasteiger partial charge < -0.3 is 16.2 Å². The van der Waals surface area contributed by atoms with Gasteiger partial charge in [-0.15, -0.1) is 11.3 Å². The molecule has 98 valence electrons. The van der Waals surface area contributed by atoms with Crippen LogP contribution in [0.3, 0.4) is 0 Å². The summed E-state index contributed by atoms with van der Waals surface area (Å²) in [5.41, 5.74) is 11.5. The van der Waals surface area contributed by atoms with E-state index in [2.05, 4.69) is 4.98 Å². The van der Waals surface area contributed by atoms with Crippen LogP contribution in [0.5, 0.6) is 5.88 Å². The van der Waals surface area contributed by atoms with Crippen molar-refractivity contribution >= 4 is 17.2 Å². The zero-order valence-corrected chi connectivity index (χ0v) is 11.1. The summed E-state index contributed by atoms with van der Waals surface area (Å²) in [6, 6.07) is 0.369. The first-order valence-corrected chi connectivity index (χ1v) is 6.99. The van der Waals surface area contributed by atoms with Crippen molar-refractivity contribution in [2.24, 2.45) is 16.9 Å². The number of nitrogens with zero attached hydrogens (tertiary/aromatic N) is 1. The highest BCUT2D eigenvalue weighted by atomic mass is 32.1. The zero-order valence-electron chi connectivity index (χ0n) is 10.3. The van der Waals surface area contributed by atoms with Gasteiger partial charge in [0.2, 0.25) is 5.88 Å². The highest BCUT2D eigenvalue weighted by Gasteiger charge is 2.53. The smallest absolute Gasteiger partial charge is 0.264 e. The molecule has 6 heteroatoms. The quantitative estimate of drug-likeness (QED) is 0.860. The van der Waals surface area contributed by atoms with E-state index in [0.717, 1.165) is 30.7 Å². The van der Waals surface area contributed by atoms with Gasteiger partial charge in [-0.1, -0.05) is 0 Å². The molecule has 1 aromatic heterocycles. The third kappa shape index (κ3) is 1.89. The number of thiazole rings is 1. The summed E-state index contributed by atoms with van der Waals surface area (Å²) >= 11 is 1.29. The SMILES string of the molecule is Cc1nc(O[C@H]2CC3(C[C@@H](N)C3)C2)c(C(N)=O)s1. The molecule has 2 fully saturated rings. The van der Waals surface area contributed by atoms with Crippen LogP contribution in [0.15, 0.2) is 0 Å². The maximum atomic E-state index is 11.3. The van der Waals surface area contributed by atoms with Crippen LogP contribution in [-0.2, 0) is 0 Å². The number of aromatic nitrogens is 1. The Balaban J connectivity index is 1.63. The Morgan fingerprint density at radius 1 is 1.44 bits per heavy atom. The second kappa shape index (κ2) is 3.93. The summed E-state index contributed by atoms with van der Waals surface area (Å²) in [6.45, 7) is 1.84. The molecule has 2 saturated carbocycles. The fraction of sp³-hybridized carbons (Fsp3) is 0.667. The molecule has 0 unspecified atom stereocenters. The molecule has 1 spiro atoms. The van der Waals surface area contributed by atoms with Gasteiger partial charge in [-0.05, 0) is 38.0 Å². The van der Waals surface area contributed by atoms with E-state index in [1.54, 1.807) is 0 Å². The Morgan fingerprint density at radius 3 is 2.67 bits per heavy atom. The monoisotopic (exact) mass is 267 g/mol. The minimum absolute atomic E-state index is 0.164. The van der Waals surface area contributed by atoms with Crippen LogP contribution in [-0.4, -0.2) is 23.0 Å². The molecule has 1 aromatic rings. The van der Waals surface area contributed by atoms with Gasteiger partial charge in [0.05, 0.1) is 5.01 Å². The third-order valence-electron chi connectivity index (χ3n) is 3.92. The van der Waals surface area contributed by atoms with Crippen molar-refractivity contribution < 1.29 is 9.53 Å². The number of primary amides is 1. The Hall–Kier alpha value is -1.14. The maximum Gasteiger partial charge on any atom is 0.264 e. The highest BCUT2D eigenvalue weighted by molar-refractivity contribution is 7.13. The minimum Gasteiger partial charge on any atom is -0.473 e. The second-order valence-corrected chi connectivity index (χ2v) is 6.75. The molecule has 4 N–H and O–H groups in total. The molecule has 3 rings (SSSR count). The molecule has 1 amide bonds. The average Bonchev–Trinajstić information content (AvgIpc) is 2.54. The van der Waals surface area contributed by atoms with Crippen molar-refractivity contribution in [3.8, 4) is 5.88 Å². The van der Waals surface area contributed by atoms with E-state index in [9.17, 15) is 4.79 Å². The maximum absolute atomic E-state index is 11.3. The molecule has 0 aromatic carbocycles. The number of hydrogen-bond acceptors (Lipinski definition) is 5. The fourth-order valence-electron chi connectivity index (χ4n) is 3.18. The first-order valence-electron chi connectivity index (χ1n) is 6.17. The number of carbonyl (C=O) groups is 1. The Morgan fingerprint density at radius 2 is 2.11 bits per heavy atom. The highest BCUT2D eigenvalue weighted by Crippen LogP contribution is 2.56. The van der Waals surface area contributed by atoms with Crippen molar-refractivity contribution in [1.82, 2.24) is 4.98 Å². The normalized spacial score (nSPS) is 33.9. The molecule has 0 radical (unpaired) electrons. The first-order chi connectivity index (χ1) is 8.47. The average molecular weight is 267 g/mol. The van der Waals surface area contributed by atoms with Crippen molar-refractivity contribution in [3.05, 3.63) is 9.88 Å². The van der Waals surface area contributed by atoms with E-state index in [4.69, 9.17) is 16.2 Å². The van der Waals surface area contributed by atoms with Crippen LogP contribution >= 0.6 is 11.3 Å². The number of aryl methyl sites for hydroxylation is 1. The van der Waals surface area contributed by atoms with Crippen molar-refractivity contribution in [3.63, 3.8) is 0 Å². The van der Waals surface area contributed by atoms with E-state index in [1.807, 2.05) is 6.92 Å². The van der Waals surface area contributed by atoms with Gasteiger partial charge >= 0.3 is 0 Å². The molecule has 18 heavy (non-hydrogen) atoms. The van der Waals surface area contributed by atoms with Crippen LogP contribution < -0.4 is 16.2 Å². The molecule has 5 nitrogen and oxygen atoms in total. The molecule has 2 aliphatic carbocycles. The van der Waals surface area contributed by atoms with Gasteiger partial charge in [0, 0.05) is 6.04 Å². The molecule has 0 atom stereocenters. The molecule has 0 bridgehead atoms. The summed E-state index contributed by atoms with van der Waals surface area (Å²) < 4.78 is 5.79. The van der Waals surface area contributed by atoms with E-state index >= 15 is 0 Å². The number of carbonyl (C=O) groups excluding carboxylic acids is 1. The summed E-state index contributed by atoms with van der Waals surface area (Å²) in [4.78, 5) is 15.9. The topological polar surface area (TPSA) is 91.2 Å². The van der Waals surface area contributed by atoms with E-state index < -0.39 is 5.91 Å². The van der Waals surface area contributed by atoms with Crippen molar-refractivity contribution in [2.45, 2.75) is 44.8 Å². The predicted octanol–water partition coefficient (Wildman–Crippen LogP) is 1.20. The molecule has 2 aliphatic rings. The van der Waals surface area contributed by atoms with Gasteiger partial charge in [0.25, 0.3) is 5.91 Å². The molecule has 0 aliphatic heterocycles. The van der Waals surface area contributed by atoms with Gasteiger partial charge in [0.15, 0.2) is 4.88 Å². The minimum atomic E-state index is -0.463. The summed E-state index contributed by atoms with van der Waals surface area (Å²) in [5, 5.41) is 0.804. The lowest BCUT2D eigenvalue weighted by atomic mass is 9.53. The largest absolute Gasteiger partial charge is 0.473 e. The fourth-order valence-corrected chi connectivity index (χ4v) is 3.88. The zero-order chi connectivity index (χ0) is 12.9. The second-order valence-electron chi connectivity index (χ2n) is 5.55. The van der Waals surface area contributed by atoms with E-state index in [1.165, 1.54) is 11.3 Å². The lowest BCUT2D eigenvalue weighted by Crippen LogP contribution is -2.56. The first kappa shape index (κ1) is 11.9. The van der Waals surface area contributed by atoms with Gasteiger partial charge in [0.1, 0.15) is 6.10 Å². The summed E-state index contributed by atoms with van der Waals surface area (Å²) in [5.74, 6) is -0.0521. The van der Waals surface area contributed by atoms with E-state index in [-0.39, 0.29) is 6.10 Å². The number of rotatable bonds is 3. The van der Waals surface area contributed by atoms with Gasteiger partial charge in [-0.3, -0.25) is 4.79 Å². The molecule has 0 saturated heterocycles. The van der Waals surface area contributed by atoms with Crippen LogP contribution in [0.25, 0.3) is 0 Å². The van der Waals surface area contributed by atoms with Crippen molar-refractivity contribution in [2.75, 3.05) is 0 Å². The predicted molar refractivity (Wildman–Crippen MR) is 68.7 cm³/mol.